The molecule has 32 heavy (non-hydrogen) atoms. The van der Waals surface area contributed by atoms with Crippen molar-refractivity contribution in [3.8, 4) is 17.2 Å². The van der Waals surface area contributed by atoms with Crippen LogP contribution in [0.1, 0.15) is 18.1 Å². The number of morpholine rings is 1. The first kappa shape index (κ1) is 22.2. The molecule has 0 spiro atoms. The Labute approximate surface area is 189 Å². The van der Waals surface area contributed by atoms with Gasteiger partial charge in [0, 0.05) is 32.2 Å². The van der Waals surface area contributed by atoms with Crippen molar-refractivity contribution in [3.05, 3.63) is 53.6 Å². The Balaban J connectivity index is 1.28. The van der Waals surface area contributed by atoms with E-state index in [4.69, 9.17) is 23.9 Å². The molecule has 0 amide bonds. The third-order valence-electron chi connectivity index (χ3n) is 5.38. The van der Waals surface area contributed by atoms with Crippen molar-refractivity contribution in [1.82, 2.24) is 15.5 Å². The van der Waals surface area contributed by atoms with Gasteiger partial charge in [0.1, 0.15) is 12.4 Å². The number of benzene rings is 2. The third kappa shape index (κ3) is 6.27. The highest BCUT2D eigenvalue weighted by Crippen LogP contribution is 2.34. The molecular formula is C24H32N4O4. The molecule has 8 nitrogen and oxygen atoms in total. The van der Waals surface area contributed by atoms with Gasteiger partial charge in [0.05, 0.1) is 26.3 Å². The van der Waals surface area contributed by atoms with Crippen molar-refractivity contribution in [2.24, 2.45) is 4.99 Å². The number of aliphatic imine (C=N–C) groups is 1. The van der Waals surface area contributed by atoms with E-state index in [1.54, 1.807) is 0 Å². The van der Waals surface area contributed by atoms with Gasteiger partial charge in [-0.05, 0) is 30.2 Å². The van der Waals surface area contributed by atoms with Crippen molar-refractivity contribution < 1.29 is 18.9 Å². The van der Waals surface area contributed by atoms with Crippen LogP contribution in [0.5, 0.6) is 17.2 Å². The van der Waals surface area contributed by atoms with Gasteiger partial charge in [0.15, 0.2) is 17.5 Å². The molecule has 0 aromatic heterocycles. The molecule has 2 heterocycles. The third-order valence-corrected chi connectivity index (χ3v) is 5.38. The molecule has 1 saturated heterocycles. The van der Waals surface area contributed by atoms with Crippen LogP contribution in [0.25, 0.3) is 0 Å². The van der Waals surface area contributed by atoms with Gasteiger partial charge in [-0.2, -0.15) is 0 Å². The largest absolute Gasteiger partial charge is 0.492 e. The summed E-state index contributed by atoms with van der Waals surface area (Å²) in [5.41, 5.74) is 2.56. The molecule has 0 saturated carbocycles. The zero-order valence-electron chi connectivity index (χ0n) is 18.6. The number of nitrogens with one attached hydrogen (secondary N) is 2. The molecule has 8 heteroatoms. The van der Waals surface area contributed by atoms with Crippen molar-refractivity contribution in [1.29, 1.82) is 0 Å². The van der Waals surface area contributed by atoms with Gasteiger partial charge >= 0.3 is 0 Å². The zero-order valence-corrected chi connectivity index (χ0v) is 18.6. The fourth-order valence-corrected chi connectivity index (χ4v) is 3.68. The lowest BCUT2D eigenvalue weighted by molar-refractivity contribution is 0.0341. The van der Waals surface area contributed by atoms with Crippen LogP contribution < -0.4 is 24.8 Å². The summed E-state index contributed by atoms with van der Waals surface area (Å²) in [5.74, 6) is 3.02. The standard InChI is InChI=1S/C24H32N4O4/c1-2-25-24(26-9-12-30-21-7-8-22-23(15-21)32-18-31-22)27-16-19-5-3-4-6-20(19)17-28-10-13-29-14-11-28/h3-8,15H,2,9-14,16-18H2,1H3,(H2,25,26,27). The number of hydrogen-bond donors (Lipinski definition) is 2. The molecule has 4 rings (SSSR count). The second-order valence-corrected chi connectivity index (χ2v) is 7.64. The van der Waals surface area contributed by atoms with E-state index in [-0.39, 0.29) is 6.79 Å². The molecule has 2 aliphatic rings. The average molecular weight is 441 g/mol. The number of nitrogens with zero attached hydrogens (tertiary/aromatic N) is 2. The Morgan fingerprint density at radius 1 is 1.03 bits per heavy atom. The molecule has 2 N–H and O–H groups in total. The van der Waals surface area contributed by atoms with Crippen molar-refractivity contribution in [2.45, 2.75) is 20.0 Å². The van der Waals surface area contributed by atoms with Crippen LogP contribution in [0.3, 0.4) is 0 Å². The van der Waals surface area contributed by atoms with Gasteiger partial charge in [-0.1, -0.05) is 24.3 Å². The van der Waals surface area contributed by atoms with Gasteiger partial charge in [-0.15, -0.1) is 0 Å². The molecule has 0 unspecified atom stereocenters. The predicted octanol–water partition coefficient (Wildman–Crippen LogP) is 2.38. The molecule has 0 aliphatic carbocycles. The number of guanidine groups is 1. The van der Waals surface area contributed by atoms with E-state index in [2.05, 4.69) is 46.7 Å². The first-order valence-electron chi connectivity index (χ1n) is 11.2. The highest BCUT2D eigenvalue weighted by molar-refractivity contribution is 5.79. The minimum atomic E-state index is 0.262. The van der Waals surface area contributed by atoms with Crippen molar-refractivity contribution in [2.75, 3.05) is 52.8 Å². The van der Waals surface area contributed by atoms with E-state index in [0.29, 0.717) is 19.7 Å². The van der Waals surface area contributed by atoms with Crippen molar-refractivity contribution >= 4 is 5.96 Å². The van der Waals surface area contributed by atoms with E-state index in [1.807, 2.05) is 18.2 Å². The van der Waals surface area contributed by atoms with Crippen LogP contribution in [-0.2, 0) is 17.8 Å². The maximum atomic E-state index is 5.83. The Morgan fingerprint density at radius 3 is 2.69 bits per heavy atom. The molecule has 172 valence electrons. The highest BCUT2D eigenvalue weighted by atomic mass is 16.7. The van der Waals surface area contributed by atoms with E-state index in [9.17, 15) is 0 Å². The lowest BCUT2D eigenvalue weighted by atomic mass is 10.1. The zero-order chi connectivity index (χ0) is 22.0. The Morgan fingerprint density at radius 2 is 1.84 bits per heavy atom. The first-order valence-corrected chi connectivity index (χ1v) is 11.2. The summed E-state index contributed by atoms with van der Waals surface area (Å²) in [6, 6.07) is 14.1. The molecule has 0 radical (unpaired) electrons. The van der Waals surface area contributed by atoms with Gasteiger partial charge in [-0.25, -0.2) is 4.99 Å². The van der Waals surface area contributed by atoms with Gasteiger partial charge in [-0.3, -0.25) is 4.90 Å². The number of rotatable bonds is 9. The smallest absolute Gasteiger partial charge is 0.231 e. The molecule has 2 aromatic carbocycles. The number of fused-ring (bicyclic) bond motifs is 1. The topological polar surface area (TPSA) is 76.6 Å². The van der Waals surface area contributed by atoms with E-state index < -0.39 is 0 Å². The molecule has 0 bridgehead atoms. The van der Waals surface area contributed by atoms with Crippen LogP contribution in [-0.4, -0.2) is 63.7 Å². The number of hydrogen-bond acceptors (Lipinski definition) is 6. The molecular weight excluding hydrogens is 408 g/mol. The lowest BCUT2D eigenvalue weighted by Crippen LogP contribution is -2.39. The maximum absolute atomic E-state index is 5.83. The summed E-state index contributed by atoms with van der Waals surface area (Å²) in [6.07, 6.45) is 0. The fraction of sp³-hybridized carbons (Fsp3) is 0.458. The van der Waals surface area contributed by atoms with E-state index in [1.165, 1.54) is 11.1 Å². The maximum Gasteiger partial charge on any atom is 0.231 e. The van der Waals surface area contributed by atoms with Crippen LogP contribution in [0.4, 0.5) is 0 Å². The monoisotopic (exact) mass is 440 g/mol. The van der Waals surface area contributed by atoms with E-state index >= 15 is 0 Å². The second kappa shape index (κ2) is 11.6. The molecule has 2 aromatic rings. The van der Waals surface area contributed by atoms with Gasteiger partial charge in [0.25, 0.3) is 0 Å². The van der Waals surface area contributed by atoms with Crippen molar-refractivity contribution in [3.63, 3.8) is 0 Å². The normalized spacial score (nSPS) is 16.1. The van der Waals surface area contributed by atoms with Gasteiger partial charge < -0.3 is 29.6 Å². The minimum absolute atomic E-state index is 0.262. The highest BCUT2D eigenvalue weighted by Gasteiger charge is 2.14. The van der Waals surface area contributed by atoms with Crippen LogP contribution >= 0.6 is 0 Å². The summed E-state index contributed by atoms with van der Waals surface area (Å²) in [4.78, 5) is 7.22. The molecule has 2 aliphatic heterocycles. The summed E-state index contributed by atoms with van der Waals surface area (Å²) in [6.45, 7) is 9.40. The molecule has 0 atom stereocenters. The Bertz CT molecular complexity index is 899. The van der Waals surface area contributed by atoms with Crippen LogP contribution in [0.2, 0.25) is 0 Å². The molecule has 1 fully saturated rings. The Kier molecular flexibility index (Phi) is 8.05. The van der Waals surface area contributed by atoms with Gasteiger partial charge in [0.2, 0.25) is 6.79 Å². The quantitative estimate of drug-likeness (QED) is 0.352. The van der Waals surface area contributed by atoms with E-state index in [0.717, 1.165) is 62.6 Å². The van der Waals surface area contributed by atoms with Crippen LogP contribution in [0.15, 0.2) is 47.5 Å². The summed E-state index contributed by atoms with van der Waals surface area (Å²) < 4.78 is 22.0. The lowest BCUT2D eigenvalue weighted by Gasteiger charge is -2.27. The minimum Gasteiger partial charge on any atom is -0.492 e. The second-order valence-electron chi connectivity index (χ2n) is 7.64. The summed E-state index contributed by atoms with van der Waals surface area (Å²) in [7, 11) is 0. The SMILES string of the molecule is CCNC(=NCc1ccccc1CN1CCOCC1)NCCOc1ccc2c(c1)OCO2. The summed E-state index contributed by atoms with van der Waals surface area (Å²) >= 11 is 0. The summed E-state index contributed by atoms with van der Waals surface area (Å²) in [5, 5.41) is 6.65. The Hall–Kier alpha value is -2.97. The number of ether oxygens (including phenoxy) is 4. The fourth-order valence-electron chi connectivity index (χ4n) is 3.68. The van der Waals surface area contributed by atoms with Crippen LogP contribution in [0, 0.1) is 0 Å². The average Bonchev–Trinajstić information content (AvgIpc) is 3.30. The first-order chi connectivity index (χ1) is 15.8. The predicted molar refractivity (Wildman–Crippen MR) is 123 cm³/mol.